The van der Waals surface area contributed by atoms with E-state index in [1.165, 1.54) is 4.52 Å². The third-order valence-corrected chi connectivity index (χ3v) is 4.04. The SMILES string of the molecule is NC(=O)[C@@H](CO)Nc1nc2ccccc2c2nc(-c3ccccc3)nn12. The van der Waals surface area contributed by atoms with Crippen LogP contribution in [-0.2, 0) is 4.79 Å². The summed E-state index contributed by atoms with van der Waals surface area (Å²) in [5.74, 6) is 0.136. The molecule has 0 unspecified atom stereocenters. The molecular weight excluding hydrogens is 332 g/mol. The summed E-state index contributed by atoms with van der Waals surface area (Å²) in [5.41, 5.74) is 7.46. The van der Waals surface area contributed by atoms with E-state index in [2.05, 4.69) is 20.4 Å². The highest BCUT2D eigenvalue weighted by Gasteiger charge is 2.19. The Kier molecular flexibility index (Phi) is 3.94. The van der Waals surface area contributed by atoms with Crippen LogP contribution in [0.5, 0.6) is 0 Å². The van der Waals surface area contributed by atoms with E-state index >= 15 is 0 Å². The molecule has 8 heteroatoms. The number of carbonyl (C=O) groups excluding carboxylic acids is 1. The molecule has 0 aliphatic carbocycles. The minimum Gasteiger partial charge on any atom is -0.394 e. The van der Waals surface area contributed by atoms with Gasteiger partial charge in [-0.05, 0) is 12.1 Å². The first-order valence-electron chi connectivity index (χ1n) is 8.05. The Labute approximate surface area is 148 Å². The summed E-state index contributed by atoms with van der Waals surface area (Å²) in [5, 5.41) is 17.6. The Balaban J connectivity index is 1.94. The number of carbonyl (C=O) groups is 1. The highest BCUT2D eigenvalue weighted by molar-refractivity contribution is 5.93. The highest BCUT2D eigenvalue weighted by Crippen LogP contribution is 2.24. The summed E-state index contributed by atoms with van der Waals surface area (Å²) >= 11 is 0. The van der Waals surface area contributed by atoms with E-state index in [4.69, 9.17) is 5.73 Å². The van der Waals surface area contributed by atoms with Crippen LogP contribution in [0.1, 0.15) is 0 Å². The van der Waals surface area contributed by atoms with E-state index in [9.17, 15) is 9.90 Å². The van der Waals surface area contributed by atoms with Crippen molar-refractivity contribution in [2.45, 2.75) is 6.04 Å². The third kappa shape index (κ3) is 2.72. The first kappa shape index (κ1) is 16.0. The van der Waals surface area contributed by atoms with Gasteiger partial charge in [-0.25, -0.2) is 9.97 Å². The molecule has 0 bridgehead atoms. The van der Waals surface area contributed by atoms with Crippen molar-refractivity contribution in [3.63, 3.8) is 0 Å². The fourth-order valence-electron chi connectivity index (χ4n) is 2.72. The second-order valence-electron chi connectivity index (χ2n) is 5.77. The van der Waals surface area contributed by atoms with Crippen LogP contribution in [0.4, 0.5) is 5.95 Å². The fourth-order valence-corrected chi connectivity index (χ4v) is 2.72. The molecule has 26 heavy (non-hydrogen) atoms. The average molecular weight is 348 g/mol. The summed E-state index contributed by atoms with van der Waals surface area (Å²) in [6, 6.07) is 16.1. The molecule has 0 aliphatic rings. The topological polar surface area (TPSA) is 118 Å². The molecule has 0 saturated heterocycles. The number of para-hydroxylation sites is 1. The summed E-state index contributed by atoms with van der Waals surface area (Å²) in [7, 11) is 0. The molecule has 4 N–H and O–H groups in total. The number of nitrogens with zero attached hydrogens (tertiary/aromatic N) is 4. The lowest BCUT2D eigenvalue weighted by atomic mass is 10.2. The van der Waals surface area contributed by atoms with Crippen LogP contribution < -0.4 is 11.1 Å². The first-order chi connectivity index (χ1) is 12.7. The lowest BCUT2D eigenvalue weighted by Crippen LogP contribution is -2.39. The van der Waals surface area contributed by atoms with E-state index < -0.39 is 18.6 Å². The molecule has 2 aromatic heterocycles. The number of aliphatic hydroxyl groups excluding tert-OH is 1. The molecule has 4 rings (SSSR count). The number of benzene rings is 2. The van der Waals surface area contributed by atoms with Crippen molar-refractivity contribution in [1.29, 1.82) is 0 Å². The van der Waals surface area contributed by atoms with E-state index in [-0.39, 0.29) is 5.95 Å². The maximum Gasteiger partial charge on any atom is 0.242 e. The predicted molar refractivity (Wildman–Crippen MR) is 97.4 cm³/mol. The number of aliphatic hydroxyl groups is 1. The number of anilines is 1. The zero-order valence-corrected chi connectivity index (χ0v) is 13.7. The fraction of sp³-hybridized carbons (Fsp3) is 0.111. The van der Waals surface area contributed by atoms with Crippen molar-refractivity contribution >= 4 is 28.4 Å². The van der Waals surface area contributed by atoms with E-state index in [1.54, 1.807) is 0 Å². The van der Waals surface area contributed by atoms with Gasteiger partial charge in [-0.3, -0.25) is 4.79 Å². The molecular formula is C18H16N6O2. The van der Waals surface area contributed by atoms with Crippen LogP contribution >= 0.6 is 0 Å². The van der Waals surface area contributed by atoms with Gasteiger partial charge in [0.2, 0.25) is 11.9 Å². The molecule has 2 aromatic carbocycles. The second-order valence-corrected chi connectivity index (χ2v) is 5.77. The molecule has 0 fully saturated rings. The van der Waals surface area contributed by atoms with Crippen molar-refractivity contribution in [2.24, 2.45) is 5.73 Å². The number of hydrogen-bond donors (Lipinski definition) is 3. The van der Waals surface area contributed by atoms with Gasteiger partial charge in [0, 0.05) is 10.9 Å². The Morgan fingerprint density at radius 1 is 1.12 bits per heavy atom. The minimum atomic E-state index is -0.976. The van der Waals surface area contributed by atoms with Gasteiger partial charge in [0.1, 0.15) is 6.04 Å². The molecule has 0 radical (unpaired) electrons. The largest absolute Gasteiger partial charge is 0.394 e. The number of hydrogen-bond acceptors (Lipinski definition) is 6. The standard InChI is InChI=1S/C18H16N6O2/c19-15(26)14(10-25)21-18-20-13-9-5-4-8-12(13)17-22-16(23-24(17)18)11-6-2-1-3-7-11/h1-9,14,25H,10H2,(H2,19,26)(H,20,21)/t14-/m1/s1. The molecule has 2 heterocycles. The molecule has 4 aromatic rings. The molecule has 0 saturated carbocycles. The lowest BCUT2D eigenvalue weighted by molar-refractivity contribution is -0.119. The van der Waals surface area contributed by atoms with E-state index in [1.807, 2.05) is 54.6 Å². The third-order valence-electron chi connectivity index (χ3n) is 4.04. The summed E-state index contributed by atoms with van der Waals surface area (Å²) in [6.45, 7) is -0.453. The van der Waals surface area contributed by atoms with Crippen LogP contribution in [-0.4, -0.2) is 43.2 Å². The molecule has 0 aliphatic heterocycles. The first-order valence-corrected chi connectivity index (χ1v) is 8.05. The van der Waals surface area contributed by atoms with E-state index in [0.29, 0.717) is 17.0 Å². The molecule has 1 atom stereocenters. The van der Waals surface area contributed by atoms with Crippen molar-refractivity contribution in [2.75, 3.05) is 11.9 Å². The van der Waals surface area contributed by atoms with Gasteiger partial charge in [0.25, 0.3) is 0 Å². The minimum absolute atomic E-state index is 0.284. The highest BCUT2D eigenvalue weighted by atomic mass is 16.3. The van der Waals surface area contributed by atoms with Crippen LogP contribution in [0.2, 0.25) is 0 Å². The molecule has 130 valence electrons. The molecule has 8 nitrogen and oxygen atoms in total. The van der Waals surface area contributed by atoms with E-state index in [0.717, 1.165) is 10.9 Å². The maximum absolute atomic E-state index is 11.5. The van der Waals surface area contributed by atoms with Gasteiger partial charge >= 0.3 is 0 Å². The van der Waals surface area contributed by atoms with Gasteiger partial charge in [-0.15, -0.1) is 5.10 Å². The quantitative estimate of drug-likeness (QED) is 0.499. The number of nitrogens with two attached hydrogens (primary N) is 1. The summed E-state index contributed by atoms with van der Waals surface area (Å²) in [6.07, 6.45) is 0. The number of rotatable bonds is 5. The Bertz CT molecular complexity index is 1090. The van der Waals surface area contributed by atoms with Crippen molar-refractivity contribution in [1.82, 2.24) is 19.6 Å². The monoisotopic (exact) mass is 348 g/mol. The number of amides is 1. The summed E-state index contributed by atoms with van der Waals surface area (Å²) in [4.78, 5) is 20.6. The van der Waals surface area contributed by atoms with Gasteiger partial charge in [0.05, 0.1) is 12.1 Å². The van der Waals surface area contributed by atoms with Crippen molar-refractivity contribution in [3.8, 4) is 11.4 Å². The van der Waals surface area contributed by atoms with Gasteiger partial charge < -0.3 is 16.2 Å². The predicted octanol–water partition coefficient (Wildman–Crippen LogP) is 1.20. The number of aromatic nitrogens is 4. The number of fused-ring (bicyclic) bond motifs is 3. The Hall–Kier alpha value is -3.52. The maximum atomic E-state index is 11.5. The smallest absolute Gasteiger partial charge is 0.242 e. The second kappa shape index (κ2) is 6.41. The number of primary amides is 1. The normalized spacial score (nSPS) is 12.3. The summed E-state index contributed by atoms with van der Waals surface area (Å²) < 4.78 is 1.52. The van der Waals surface area contributed by atoms with Gasteiger partial charge in [-0.2, -0.15) is 4.52 Å². The molecule has 1 amide bonds. The van der Waals surface area contributed by atoms with Crippen LogP contribution in [0.25, 0.3) is 27.9 Å². The average Bonchev–Trinajstić information content (AvgIpc) is 3.12. The van der Waals surface area contributed by atoms with Crippen LogP contribution in [0.3, 0.4) is 0 Å². The van der Waals surface area contributed by atoms with Crippen LogP contribution in [0, 0.1) is 0 Å². The Morgan fingerprint density at radius 3 is 2.58 bits per heavy atom. The van der Waals surface area contributed by atoms with Gasteiger partial charge in [0.15, 0.2) is 11.5 Å². The Morgan fingerprint density at radius 2 is 1.85 bits per heavy atom. The zero-order chi connectivity index (χ0) is 18.1. The molecule has 0 spiro atoms. The van der Waals surface area contributed by atoms with Gasteiger partial charge in [-0.1, -0.05) is 42.5 Å². The number of nitrogens with one attached hydrogen (secondary N) is 1. The van der Waals surface area contributed by atoms with Crippen molar-refractivity contribution in [3.05, 3.63) is 54.6 Å². The van der Waals surface area contributed by atoms with Crippen molar-refractivity contribution < 1.29 is 9.90 Å². The zero-order valence-electron chi connectivity index (χ0n) is 13.7. The van der Waals surface area contributed by atoms with Crippen LogP contribution in [0.15, 0.2) is 54.6 Å². The lowest BCUT2D eigenvalue weighted by Gasteiger charge is -2.14.